The summed E-state index contributed by atoms with van der Waals surface area (Å²) in [5.74, 6) is 0.999. The van der Waals surface area contributed by atoms with E-state index in [-0.39, 0.29) is 5.91 Å². The summed E-state index contributed by atoms with van der Waals surface area (Å²) in [4.78, 5) is 17.5. The number of aryl methyl sites for hydroxylation is 1. The molecule has 0 aliphatic heterocycles. The van der Waals surface area contributed by atoms with Gasteiger partial charge in [0.05, 0.1) is 6.26 Å². The van der Waals surface area contributed by atoms with Crippen molar-refractivity contribution in [2.75, 3.05) is 5.32 Å². The minimum absolute atomic E-state index is 0.242. The van der Waals surface area contributed by atoms with Crippen LogP contribution >= 0.6 is 0 Å². The van der Waals surface area contributed by atoms with Crippen LogP contribution in [0.15, 0.2) is 77.4 Å². The SMILES string of the molecule is Cc1ccccc1C(=O)n1nc(-c2ccco2)nc1NCc1ccccc1. The summed E-state index contributed by atoms with van der Waals surface area (Å²) in [5, 5.41) is 7.59. The smallest absolute Gasteiger partial charge is 0.281 e. The predicted octanol–water partition coefficient (Wildman–Crippen LogP) is 4.15. The molecule has 4 rings (SSSR count). The second kappa shape index (κ2) is 7.29. The molecule has 134 valence electrons. The van der Waals surface area contributed by atoms with Crippen molar-refractivity contribution < 1.29 is 9.21 Å². The third kappa shape index (κ3) is 3.50. The molecule has 27 heavy (non-hydrogen) atoms. The van der Waals surface area contributed by atoms with E-state index in [1.165, 1.54) is 4.68 Å². The average Bonchev–Trinajstić information content (AvgIpc) is 3.37. The summed E-state index contributed by atoms with van der Waals surface area (Å²) in [6, 6.07) is 20.8. The molecule has 0 unspecified atom stereocenters. The molecular formula is C21H18N4O2. The monoisotopic (exact) mass is 358 g/mol. The van der Waals surface area contributed by atoms with Gasteiger partial charge in [-0.25, -0.2) is 0 Å². The number of nitrogens with zero attached hydrogens (tertiary/aromatic N) is 3. The zero-order valence-electron chi connectivity index (χ0n) is 14.8. The number of furan rings is 1. The Morgan fingerprint density at radius 2 is 1.81 bits per heavy atom. The molecule has 2 aromatic heterocycles. The van der Waals surface area contributed by atoms with Gasteiger partial charge < -0.3 is 9.73 Å². The van der Waals surface area contributed by atoms with Crippen LogP contribution in [0.2, 0.25) is 0 Å². The maximum atomic E-state index is 13.1. The quantitative estimate of drug-likeness (QED) is 0.580. The third-order valence-corrected chi connectivity index (χ3v) is 4.21. The van der Waals surface area contributed by atoms with E-state index in [2.05, 4.69) is 15.4 Å². The molecule has 0 fully saturated rings. The number of nitrogens with one attached hydrogen (secondary N) is 1. The Labute approximate surface area is 156 Å². The Kier molecular flexibility index (Phi) is 4.53. The Balaban J connectivity index is 1.70. The predicted molar refractivity (Wildman–Crippen MR) is 102 cm³/mol. The summed E-state index contributed by atoms with van der Waals surface area (Å²) in [6.07, 6.45) is 1.55. The van der Waals surface area contributed by atoms with Crippen LogP contribution in [0.3, 0.4) is 0 Å². The van der Waals surface area contributed by atoms with Gasteiger partial charge in [0.25, 0.3) is 5.91 Å². The fourth-order valence-corrected chi connectivity index (χ4v) is 2.78. The van der Waals surface area contributed by atoms with Gasteiger partial charge in [-0.15, -0.1) is 5.10 Å². The molecule has 4 aromatic rings. The summed E-state index contributed by atoms with van der Waals surface area (Å²) in [6.45, 7) is 2.42. The molecule has 0 radical (unpaired) electrons. The number of benzene rings is 2. The summed E-state index contributed by atoms with van der Waals surface area (Å²) >= 11 is 0. The van der Waals surface area contributed by atoms with E-state index in [4.69, 9.17) is 4.42 Å². The lowest BCUT2D eigenvalue weighted by Crippen LogP contribution is -2.18. The first-order valence-electron chi connectivity index (χ1n) is 8.61. The van der Waals surface area contributed by atoms with Gasteiger partial charge in [-0.3, -0.25) is 4.79 Å². The highest BCUT2D eigenvalue weighted by molar-refractivity contribution is 5.98. The van der Waals surface area contributed by atoms with Gasteiger partial charge in [0, 0.05) is 12.1 Å². The molecule has 2 heterocycles. The van der Waals surface area contributed by atoms with Crippen LogP contribution in [-0.2, 0) is 6.54 Å². The summed E-state index contributed by atoms with van der Waals surface area (Å²) in [7, 11) is 0. The van der Waals surface area contributed by atoms with Crippen molar-refractivity contribution in [3.63, 3.8) is 0 Å². The molecule has 6 nitrogen and oxygen atoms in total. The summed E-state index contributed by atoms with van der Waals surface area (Å²) in [5.41, 5.74) is 2.54. The number of carbonyl (C=O) groups is 1. The first-order chi connectivity index (χ1) is 13.2. The van der Waals surface area contributed by atoms with Gasteiger partial charge in [0.15, 0.2) is 5.76 Å². The lowest BCUT2D eigenvalue weighted by molar-refractivity contribution is 0.0947. The Hall–Kier alpha value is -3.67. The van der Waals surface area contributed by atoms with E-state index in [1.807, 2.05) is 55.5 Å². The zero-order valence-corrected chi connectivity index (χ0v) is 14.8. The zero-order chi connectivity index (χ0) is 18.6. The largest absolute Gasteiger partial charge is 0.461 e. The van der Waals surface area contributed by atoms with Crippen LogP contribution in [0.5, 0.6) is 0 Å². The Morgan fingerprint density at radius 3 is 2.56 bits per heavy atom. The number of rotatable bonds is 5. The van der Waals surface area contributed by atoms with E-state index < -0.39 is 0 Å². The molecule has 0 amide bonds. The van der Waals surface area contributed by atoms with Crippen LogP contribution in [0.1, 0.15) is 21.5 Å². The molecule has 1 N–H and O–H groups in total. The number of hydrogen-bond donors (Lipinski definition) is 1. The Morgan fingerprint density at radius 1 is 1.04 bits per heavy atom. The fourth-order valence-electron chi connectivity index (χ4n) is 2.78. The van der Waals surface area contributed by atoms with Gasteiger partial charge in [0.2, 0.25) is 11.8 Å². The first-order valence-corrected chi connectivity index (χ1v) is 8.61. The van der Waals surface area contributed by atoms with Gasteiger partial charge in [0.1, 0.15) is 0 Å². The van der Waals surface area contributed by atoms with E-state index in [0.29, 0.717) is 29.6 Å². The van der Waals surface area contributed by atoms with Gasteiger partial charge in [-0.2, -0.15) is 9.67 Å². The lowest BCUT2D eigenvalue weighted by Gasteiger charge is -2.08. The van der Waals surface area contributed by atoms with Crippen LogP contribution in [-0.4, -0.2) is 20.7 Å². The average molecular weight is 358 g/mol. The molecule has 0 atom stereocenters. The number of aromatic nitrogens is 3. The van der Waals surface area contributed by atoms with Crippen molar-refractivity contribution in [1.82, 2.24) is 14.8 Å². The number of hydrogen-bond acceptors (Lipinski definition) is 5. The fraction of sp³-hybridized carbons (Fsp3) is 0.0952. The minimum atomic E-state index is -0.242. The highest BCUT2D eigenvalue weighted by atomic mass is 16.3. The molecule has 0 saturated heterocycles. The highest BCUT2D eigenvalue weighted by Gasteiger charge is 2.20. The molecule has 0 spiro atoms. The Bertz CT molecular complexity index is 1050. The maximum Gasteiger partial charge on any atom is 0.281 e. The topological polar surface area (TPSA) is 73.0 Å². The molecule has 0 saturated carbocycles. The highest BCUT2D eigenvalue weighted by Crippen LogP contribution is 2.20. The summed E-state index contributed by atoms with van der Waals surface area (Å²) < 4.78 is 6.68. The van der Waals surface area contributed by atoms with Crippen molar-refractivity contribution in [2.45, 2.75) is 13.5 Å². The van der Waals surface area contributed by atoms with E-state index in [1.54, 1.807) is 24.5 Å². The van der Waals surface area contributed by atoms with Crippen molar-refractivity contribution in [3.8, 4) is 11.6 Å². The molecule has 0 aliphatic carbocycles. The van der Waals surface area contributed by atoms with Crippen LogP contribution in [0, 0.1) is 6.92 Å². The van der Waals surface area contributed by atoms with Crippen LogP contribution in [0.25, 0.3) is 11.6 Å². The van der Waals surface area contributed by atoms with Crippen LogP contribution < -0.4 is 5.32 Å². The maximum absolute atomic E-state index is 13.1. The second-order valence-electron chi connectivity index (χ2n) is 6.11. The molecule has 6 heteroatoms. The molecule has 0 bridgehead atoms. The molecular weight excluding hydrogens is 340 g/mol. The number of anilines is 1. The van der Waals surface area contributed by atoms with Crippen molar-refractivity contribution >= 4 is 11.9 Å². The van der Waals surface area contributed by atoms with Crippen molar-refractivity contribution in [1.29, 1.82) is 0 Å². The minimum Gasteiger partial charge on any atom is -0.461 e. The van der Waals surface area contributed by atoms with E-state index >= 15 is 0 Å². The molecule has 2 aromatic carbocycles. The molecule has 0 aliphatic rings. The van der Waals surface area contributed by atoms with Gasteiger partial charge in [-0.05, 0) is 36.2 Å². The third-order valence-electron chi connectivity index (χ3n) is 4.21. The first kappa shape index (κ1) is 16.8. The van der Waals surface area contributed by atoms with Crippen LogP contribution in [0.4, 0.5) is 5.95 Å². The van der Waals surface area contributed by atoms with Gasteiger partial charge >= 0.3 is 0 Å². The lowest BCUT2D eigenvalue weighted by atomic mass is 10.1. The number of carbonyl (C=O) groups excluding carboxylic acids is 1. The second-order valence-corrected chi connectivity index (χ2v) is 6.11. The van der Waals surface area contributed by atoms with Gasteiger partial charge in [-0.1, -0.05) is 48.5 Å². The van der Waals surface area contributed by atoms with Crippen molar-refractivity contribution in [2.24, 2.45) is 0 Å². The van der Waals surface area contributed by atoms with Crippen molar-refractivity contribution in [3.05, 3.63) is 89.7 Å². The standard InChI is InChI=1S/C21H18N4O2/c1-15-8-5-6-11-17(15)20(26)25-21(22-14-16-9-3-2-4-10-16)23-19(24-25)18-12-7-13-27-18/h2-13H,14H2,1H3,(H,22,23,24). The van der Waals surface area contributed by atoms with E-state index in [0.717, 1.165) is 11.1 Å². The van der Waals surface area contributed by atoms with E-state index in [9.17, 15) is 4.79 Å². The normalized spacial score (nSPS) is 10.7.